The second-order valence-corrected chi connectivity index (χ2v) is 4.83. The minimum absolute atomic E-state index is 0.416. The van der Waals surface area contributed by atoms with Crippen LogP contribution in [-0.2, 0) is 6.54 Å². The van der Waals surface area contributed by atoms with Gasteiger partial charge in [-0.2, -0.15) is 9.78 Å². The first-order valence-corrected chi connectivity index (χ1v) is 6.20. The molecule has 0 unspecified atom stereocenters. The summed E-state index contributed by atoms with van der Waals surface area (Å²) >= 11 is 11.7. The van der Waals surface area contributed by atoms with Crippen LogP contribution in [0.2, 0.25) is 10.2 Å². The van der Waals surface area contributed by atoms with Gasteiger partial charge in [-0.1, -0.05) is 29.3 Å². The number of fused-ring (bicyclic) bond motifs is 1. The summed E-state index contributed by atoms with van der Waals surface area (Å²) in [6, 6.07) is 5.15. The van der Waals surface area contributed by atoms with E-state index in [9.17, 15) is 4.79 Å². The normalized spacial score (nSPS) is 11.1. The van der Waals surface area contributed by atoms with Gasteiger partial charge in [0, 0.05) is 17.8 Å². The Kier molecular flexibility index (Phi) is 3.00. The molecule has 0 radical (unpaired) electrons. The van der Waals surface area contributed by atoms with Gasteiger partial charge in [0.25, 0.3) is 0 Å². The van der Waals surface area contributed by atoms with Gasteiger partial charge in [-0.15, -0.1) is 0 Å². The SMILES string of the molecule is O=c1[nH]c2c(cc(Cl)c[n+]2Cc2ccc(Cl)nc2)o1. The first kappa shape index (κ1) is 12.2. The lowest BCUT2D eigenvalue weighted by Crippen LogP contribution is -2.35. The molecule has 0 fully saturated rings. The lowest BCUT2D eigenvalue weighted by atomic mass is 10.3. The maximum atomic E-state index is 11.2. The van der Waals surface area contributed by atoms with E-state index in [-0.39, 0.29) is 0 Å². The van der Waals surface area contributed by atoms with Gasteiger partial charge in [-0.3, -0.25) is 0 Å². The summed E-state index contributed by atoms with van der Waals surface area (Å²) in [5.74, 6) is -0.514. The topological polar surface area (TPSA) is 62.8 Å². The number of halogens is 2. The quantitative estimate of drug-likeness (QED) is 0.582. The summed E-state index contributed by atoms with van der Waals surface area (Å²) in [6.45, 7) is 0.497. The second kappa shape index (κ2) is 4.68. The zero-order valence-electron chi connectivity index (χ0n) is 9.56. The van der Waals surface area contributed by atoms with Crippen LogP contribution in [0.3, 0.4) is 0 Å². The number of oxazole rings is 1. The Hall–Kier alpha value is -1.85. The van der Waals surface area contributed by atoms with Gasteiger partial charge in [0.2, 0.25) is 5.58 Å². The fourth-order valence-corrected chi connectivity index (χ4v) is 2.17. The molecule has 96 valence electrons. The zero-order valence-corrected chi connectivity index (χ0v) is 11.1. The second-order valence-electron chi connectivity index (χ2n) is 4.00. The largest absolute Gasteiger partial charge is 0.510 e. The number of hydrogen-bond acceptors (Lipinski definition) is 3. The summed E-state index contributed by atoms with van der Waals surface area (Å²) in [5.41, 5.74) is 1.92. The predicted molar refractivity (Wildman–Crippen MR) is 70.4 cm³/mol. The van der Waals surface area contributed by atoms with Crippen molar-refractivity contribution in [2.24, 2.45) is 0 Å². The smallest absolute Gasteiger partial charge is 0.383 e. The van der Waals surface area contributed by atoms with Crippen LogP contribution in [0.4, 0.5) is 0 Å². The number of H-pyrrole nitrogens is 1. The minimum Gasteiger partial charge on any atom is -0.383 e. The van der Waals surface area contributed by atoms with Crippen molar-refractivity contribution in [3.8, 4) is 0 Å². The van der Waals surface area contributed by atoms with E-state index in [1.807, 2.05) is 6.07 Å². The van der Waals surface area contributed by atoms with Crippen molar-refractivity contribution in [2.75, 3.05) is 0 Å². The summed E-state index contributed by atoms with van der Waals surface area (Å²) in [7, 11) is 0. The molecule has 1 N–H and O–H groups in total. The number of aromatic nitrogens is 3. The highest BCUT2D eigenvalue weighted by Gasteiger charge is 2.15. The molecular weight excluding hydrogens is 289 g/mol. The number of pyridine rings is 2. The summed E-state index contributed by atoms with van der Waals surface area (Å²) in [6.07, 6.45) is 3.38. The molecule has 3 rings (SSSR count). The van der Waals surface area contributed by atoms with Crippen LogP contribution >= 0.6 is 23.2 Å². The van der Waals surface area contributed by atoms with E-state index in [0.29, 0.717) is 28.0 Å². The Morgan fingerprint density at radius 3 is 2.95 bits per heavy atom. The number of aromatic amines is 1. The Bertz CT molecular complexity index is 793. The fraction of sp³-hybridized carbons (Fsp3) is 0.0833. The molecule has 0 aliphatic heterocycles. The van der Waals surface area contributed by atoms with Crippen LogP contribution < -0.4 is 10.3 Å². The fourth-order valence-electron chi connectivity index (χ4n) is 1.84. The molecule has 7 heteroatoms. The molecule has 3 heterocycles. The molecular formula is C12H8Cl2N3O2+. The van der Waals surface area contributed by atoms with Crippen LogP contribution in [0, 0.1) is 0 Å². The molecule has 0 aliphatic carbocycles. The molecule has 0 aromatic carbocycles. The number of nitrogens with zero attached hydrogens (tertiary/aromatic N) is 2. The van der Waals surface area contributed by atoms with E-state index >= 15 is 0 Å². The van der Waals surface area contributed by atoms with E-state index in [0.717, 1.165) is 5.56 Å². The van der Waals surface area contributed by atoms with E-state index in [2.05, 4.69) is 9.97 Å². The highest BCUT2D eigenvalue weighted by molar-refractivity contribution is 6.30. The molecule has 0 atom stereocenters. The number of rotatable bonds is 2. The molecule has 19 heavy (non-hydrogen) atoms. The van der Waals surface area contributed by atoms with Gasteiger partial charge in [-0.25, -0.2) is 9.55 Å². The Morgan fingerprint density at radius 2 is 2.21 bits per heavy atom. The van der Waals surface area contributed by atoms with Gasteiger partial charge in [0.05, 0.1) is 5.02 Å². The Balaban J connectivity index is 2.09. The van der Waals surface area contributed by atoms with Gasteiger partial charge in [0.1, 0.15) is 17.9 Å². The lowest BCUT2D eigenvalue weighted by molar-refractivity contribution is -0.664. The van der Waals surface area contributed by atoms with Gasteiger partial charge >= 0.3 is 11.4 Å². The third kappa shape index (κ3) is 2.47. The Labute approximate surface area is 117 Å². The van der Waals surface area contributed by atoms with E-state index in [4.69, 9.17) is 27.6 Å². The van der Waals surface area contributed by atoms with Gasteiger partial charge in [0.15, 0.2) is 0 Å². The predicted octanol–water partition coefficient (Wildman–Crippen LogP) is 2.16. The third-order valence-corrected chi connectivity index (χ3v) is 3.06. The average molecular weight is 297 g/mol. The van der Waals surface area contributed by atoms with Crippen molar-refractivity contribution in [2.45, 2.75) is 6.54 Å². The van der Waals surface area contributed by atoms with Gasteiger partial charge < -0.3 is 4.42 Å². The molecule has 0 bridgehead atoms. The third-order valence-electron chi connectivity index (χ3n) is 2.63. The highest BCUT2D eigenvalue weighted by atomic mass is 35.5. The van der Waals surface area contributed by atoms with E-state index in [1.165, 1.54) is 0 Å². The van der Waals surface area contributed by atoms with Crippen LogP contribution in [0.5, 0.6) is 0 Å². The number of nitrogens with one attached hydrogen (secondary N) is 1. The van der Waals surface area contributed by atoms with Gasteiger partial charge in [-0.05, 0) is 6.07 Å². The average Bonchev–Trinajstić information content (AvgIpc) is 2.72. The standard InChI is InChI=1S/C12H7Cl2N3O2/c13-8-3-9-11(16-12(18)19-9)17(6-8)5-7-1-2-10(14)15-4-7/h1-4,6H,5H2/p+1. The summed E-state index contributed by atoms with van der Waals surface area (Å²) in [5, 5.41) is 0.916. The molecule has 0 spiro atoms. The molecule has 3 aromatic heterocycles. The zero-order chi connectivity index (χ0) is 13.4. The van der Waals surface area contributed by atoms with Crippen molar-refractivity contribution in [3.63, 3.8) is 0 Å². The summed E-state index contributed by atoms with van der Waals surface area (Å²) in [4.78, 5) is 17.9. The van der Waals surface area contributed by atoms with Crippen molar-refractivity contribution in [1.29, 1.82) is 0 Å². The molecule has 0 saturated heterocycles. The maximum absolute atomic E-state index is 11.2. The van der Waals surface area contributed by atoms with Crippen LogP contribution in [0.15, 0.2) is 39.8 Å². The van der Waals surface area contributed by atoms with Crippen molar-refractivity contribution >= 4 is 34.4 Å². The minimum atomic E-state index is -0.514. The Morgan fingerprint density at radius 1 is 1.37 bits per heavy atom. The van der Waals surface area contributed by atoms with E-state index < -0.39 is 5.76 Å². The molecule has 0 saturated carbocycles. The lowest BCUT2D eigenvalue weighted by Gasteiger charge is -2.01. The summed E-state index contributed by atoms with van der Waals surface area (Å²) < 4.78 is 6.78. The first-order valence-electron chi connectivity index (χ1n) is 5.44. The first-order chi connectivity index (χ1) is 9.11. The monoisotopic (exact) mass is 296 g/mol. The van der Waals surface area contributed by atoms with Crippen molar-refractivity contribution < 1.29 is 8.98 Å². The highest BCUT2D eigenvalue weighted by Crippen LogP contribution is 2.13. The van der Waals surface area contributed by atoms with E-state index in [1.54, 1.807) is 29.1 Å². The molecule has 0 amide bonds. The maximum Gasteiger partial charge on any atom is 0.510 e. The van der Waals surface area contributed by atoms with Crippen LogP contribution in [0.1, 0.15) is 5.56 Å². The number of hydrogen-bond donors (Lipinski definition) is 1. The van der Waals surface area contributed by atoms with Crippen molar-refractivity contribution in [1.82, 2.24) is 9.97 Å². The molecule has 0 aliphatic rings. The molecule has 3 aromatic rings. The van der Waals surface area contributed by atoms with Crippen LogP contribution in [-0.4, -0.2) is 9.97 Å². The van der Waals surface area contributed by atoms with Crippen molar-refractivity contribution in [3.05, 3.63) is 56.9 Å². The van der Waals surface area contributed by atoms with Crippen LogP contribution in [0.25, 0.3) is 11.2 Å². The molecule has 5 nitrogen and oxygen atoms in total.